The Morgan fingerprint density at radius 1 is 0.273 bits per heavy atom. The first-order valence-corrected chi connectivity index (χ1v) is 44.2. The van der Waals surface area contributed by atoms with Crippen LogP contribution in [0.3, 0.4) is 0 Å². The monoisotopic (exact) mass is 2000 g/mol. The fourth-order valence-electron chi connectivity index (χ4n) is 10.5. The molecular formula is C100H102N4O38S. The molecule has 0 unspecified atom stereocenters. The van der Waals surface area contributed by atoms with Gasteiger partial charge in [-0.3, -0.25) is 0 Å². The number of aryl methyl sites for hydroxylation is 1. The van der Waals surface area contributed by atoms with E-state index < -0.39 is 90.8 Å². The molecule has 0 radical (unpaired) electrons. The summed E-state index contributed by atoms with van der Waals surface area (Å²) in [5.41, 5.74) is 3.53. The summed E-state index contributed by atoms with van der Waals surface area (Å²) < 4.78 is 115. The molecule has 43 heteroatoms. The average Bonchev–Trinajstić information content (AvgIpc) is 1.71. The number of hydrogen-bond acceptors (Lipinski definition) is 43. The van der Waals surface area contributed by atoms with Crippen LogP contribution in [0.1, 0.15) is 114 Å². The van der Waals surface area contributed by atoms with Gasteiger partial charge in [0.15, 0.2) is 23.0 Å². The molecule has 0 aliphatic rings. The van der Waals surface area contributed by atoms with Crippen LogP contribution < -0.4 is 47.4 Å². The SMILES string of the molecule is C=CC(=O)OCCCCOC(=O)OC(=O)Oc1ccc(C(=O)Oc2ccc(OC(=O)c3ccc(OC(=O)OCCCCOC(=O)C=C)cc3)c(C)c2)cc1.C=CC(=O)OCCCCOC(=O)Oc1ccc(-c2nnc(-c3ccc(OC(=O)OCCCCOC(=O)C=C)cc3)s2)cc1.C=CC(=O)OCCCCOC(=O)Oc1ccc(/C=N/N=C/c2ccc(OC(=O)OCCCCOC(=O)C=C)c(OC)c2)cc1OC. The lowest BCUT2D eigenvalue weighted by Gasteiger charge is -2.11. The Morgan fingerprint density at radius 2 is 0.531 bits per heavy atom. The van der Waals surface area contributed by atoms with Gasteiger partial charge in [0, 0.05) is 47.6 Å². The van der Waals surface area contributed by atoms with Crippen LogP contribution in [0, 0.1) is 6.92 Å². The summed E-state index contributed by atoms with van der Waals surface area (Å²) in [5.74, 6) is -2.63. The van der Waals surface area contributed by atoms with Gasteiger partial charge in [-0.25, -0.2) is 71.9 Å². The molecule has 0 saturated carbocycles. The van der Waals surface area contributed by atoms with Crippen molar-refractivity contribution in [1.82, 2.24) is 10.2 Å². The highest BCUT2D eigenvalue weighted by Crippen LogP contribution is 2.34. The van der Waals surface area contributed by atoms with Gasteiger partial charge >= 0.3 is 90.8 Å². The van der Waals surface area contributed by atoms with Crippen molar-refractivity contribution >= 4 is 115 Å². The van der Waals surface area contributed by atoms with Crippen molar-refractivity contribution in [3.63, 3.8) is 0 Å². The fourth-order valence-corrected chi connectivity index (χ4v) is 11.4. The highest BCUT2D eigenvalue weighted by atomic mass is 32.1. The molecule has 0 aliphatic heterocycles. The quantitative estimate of drug-likeness (QED) is 0.00393. The van der Waals surface area contributed by atoms with Crippen molar-refractivity contribution in [2.24, 2.45) is 10.2 Å². The van der Waals surface area contributed by atoms with Crippen LogP contribution in [-0.4, -0.2) is 207 Å². The maximum absolute atomic E-state index is 12.7. The van der Waals surface area contributed by atoms with Gasteiger partial charge in [-0.2, -0.15) is 10.2 Å². The Labute approximate surface area is 823 Å². The molecule has 0 spiro atoms. The van der Waals surface area contributed by atoms with Gasteiger partial charge in [-0.1, -0.05) is 50.8 Å². The van der Waals surface area contributed by atoms with Crippen LogP contribution in [0.2, 0.25) is 0 Å². The smallest absolute Gasteiger partial charge is 0.493 e. The third-order valence-electron chi connectivity index (χ3n) is 17.6. The second-order valence-corrected chi connectivity index (χ2v) is 29.0. The Bertz CT molecular complexity index is 5490. The number of carbonyl (C=O) groups excluding carboxylic acids is 15. The van der Waals surface area contributed by atoms with E-state index in [4.69, 9.17) is 104 Å². The van der Waals surface area contributed by atoms with E-state index in [2.05, 4.69) is 64.6 Å². The standard InChI is InChI=1S/C38H36O16.C32H36N2O12.C30H30N2O10S/c1-4-32(39)46-20-6-8-22-48-36(43)51-28-14-12-27(13-15-28)35(42)53-31-19-18-30(24-25(31)3)50-34(41)26-10-16-29(17-11-26)52-38(45)54-37(44)49-23-9-7-21-47-33(40)5-2;1-5-29(35)41-15-7-9-17-43-31(37)45-25-13-11-23(19-27(25)39-3)21-33-34-22-24-12-14-26(28(20-24)40-4)46-32(38)44-18-10-8-16-42-30(36)6-2;1-3-25(33)37-17-5-7-19-39-29(35)41-23-13-9-21(10-14-23)27-31-32-28(43-27)22-11-15-24(16-12-22)42-30(36)40-20-8-6-18-38-26(34)4-2/h4-5,10-19,24H,1-2,6-9,20-23H2,3H3;5-6,11-14,19-22H,1-2,7-10,15-18H2,3-4H3;3-4,9-16H,1-2,5-8,17-20H2/b;33-21+,34-22+;. The van der Waals surface area contributed by atoms with Crippen LogP contribution in [0.5, 0.6) is 57.5 Å². The molecule has 42 nitrogen and oxygen atoms in total. The number of unbranched alkanes of at least 4 members (excludes halogenated alkanes) is 6. The predicted octanol–water partition coefficient (Wildman–Crippen LogP) is 17.7. The second-order valence-electron chi connectivity index (χ2n) is 28.1. The zero-order valence-electron chi connectivity index (χ0n) is 78.0. The number of benzene rings is 7. The maximum atomic E-state index is 12.7. The van der Waals surface area contributed by atoms with Gasteiger partial charge in [0.2, 0.25) is 0 Å². The van der Waals surface area contributed by atoms with E-state index in [9.17, 15) is 71.9 Å². The van der Waals surface area contributed by atoms with Crippen molar-refractivity contribution in [2.75, 3.05) is 93.5 Å². The van der Waals surface area contributed by atoms with E-state index in [1.165, 1.54) is 117 Å². The van der Waals surface area contributed by atoms with Crippen LogP contribution in [-0.2, 0) is 90.3 Å². The minimum Gasteiger partial charge on any atom is -0.493 e. The fraction of sp³-hybridized carbons (Fsp3) is 0.270. The second kappa shape index (κ2) is 66.0. The number of rotatable bonds is 53. The highest BCUT2D eigenvalue weighted by molar-refractivity contribution is 7.17. The summed E-state index contributed by atoms with van der Waals surface area (Å²) in [7, 11) is 2.84. The Hall–Kier alpha value is -17.7. The highest BCUT2D eigenvalue weighted by Gasteiger charge is 2.22. The average molecular weight is 2000 g/mol. The zero-order chi connectivity index (χ0) is 104. The van der Waals surface area contributed by atoms with E-state index in [1.807, 2.05) is 0 Å². The van der Waals surface area contributed by atoms with Crippen molar-refractivity contribution < 1.29 is 181 Å². The van der Waals surface area contributed by atoms with Crippen molar-refractivity contribution in [1.29, 1.82) is 0 Å². The first-order chi connectivity index (χ1) is 69.1. The van der Waals surface area contributed by atoms with Gasteiger partial charge < -0.3 is 109 Å². The van der Waals surface area contributed by atoms with E-state index in [-0.39, 0.29) is 136 Å². The summed E-state index contributed by atoms with van der Waals surface area (Å²) in [4.78, 5) is 175. The summed E-state index contributed by atoms with van der Waals surface area (Å²) >= 11 is 1.36. The number of methoxy groups -OCH3 is 2. The molecule has 0 atom stereocenters. The molecule has 0 amide bonds. The maximum Gasteiger partial charge on any atom is 0.524 e. The largest absolute Gasteiger partial charge is 0.524 e. The normalized spacial score (nSPS) is 10.3. The van der Waals surface area contributed by atoms with E-state index in [0.29, 0.717) is 115 Å². The Kier molecular flexibility index (Phi) is 52.6. The number of hydrogen-bond donors (Lipinski definition) is 0. The molecule has 1 aromatic heterocycles. The first-order valence-electron chi connectivity index (χ1n) is 43.4. The third-order valence-corrected chi connectivity index (χ3v) is 18.6. The molecule has 0 N–H and O–H groups in total. The molecular weight excluding hydrogens is 1900 g/mol. The minimum absolute atomic E-state index is 0.0333. The third kappa shape index (κ3) is 46.8. The lowest BCUT2D eigenvalue weighted by molar-refractivity contribution is -0.138. The van der Waals surface area contributed by atoms with Gasteiger partial charge in [-0.05, 0) is 252 Å². The van der Waals surface area contributed by atoms with Crippen LogP contribution in [0.15, 0.2) is 238 Å². The molecule has 0 aliphatic carbocycles. The van der Waals surface area contributed by atoms with Gasteiger partial charge in [0.25, 0.3) is 0 Å². The number of aromatic nitrogens is 2. The number of esters is 8. The Morgan fingerprint density at radius 3 is 0.825 bits per heavy atom. The van der Waals surface area contributed by atoms with Crippen molar-refractivity contribution in [2.45, 2.75) is 84.0 Å². The molecule has 8 aromatic rings. The van der Waals surface area contributed by atoms with Gasteiger partial charge in [0.1, 0.15) is 44.5 Å². The molecule has 143 heavy (non-hydrogen) atoms. The molecule has 0 saturated heterocycles. The lowest BCUT2D eigenvalue weighted by atomic mass is 10.2. The number of nitrogens with zero attached hydrogens (tertiary/aromatic N) is 4. The van der Waals surface area contributed by atoms with E-state index in [1.54, 1.807) is 79.7 Å². The summed E-state index contributed by atoms with van der Waals surface area (Å²) in [6.45, 7) is 22.9. The first kappa shape index (κ1) is 114. The van der Waals surface area contributed by atoms with Crippen LogP contribution in [0.25, 0.3) is 21.1 Å². The summed E-state index contributed by atoms with van der Waals surface area (Å²) in [5, 5.41) is 17.8. The summed E-state index contributed by atoms with van der Waals surface area (Å²) in [6.07, 6.45) is 8.06. The molecule has 1 heterocycles. The van der Waals surface area contributed by atoms with E-state index >= 15 is 0 Å². The minimum atomic E-state index is -1.36. The van der Waals surface area contributed by atoms with Crippen LogP contribution in [0.4, 0.5) is 33.6 Å². The van der Waals surface area contributed by atoms with Crippen molar-refractivity contribution in [3.05, 3.63) is 255 Å². The van der Waals surface area contributed by atoms with Gasteiger partial charge in [0.05, 0.1) is 117 Å². The Balaban J connectivity index is 0.000000331. The topological polar surface area (TPSA) is 519 Å². The predicted molar refractivity (Wildman–Crippen MR) is 507 cm³/mol. The lowest BCUT2D eigenvalue weighted by Crippen LogP contribution is -2.18. The molecule has 8 rings (SSSR count). The molecule has 756 valence electrons. The number of ether oxygens (including phenoxy) is 23. The summed E-state index contributed by atoms with van der Waals surface area (Å²) in [6, 6.07) is 38.1. The van der Waals surface area contributed by atoms with Crippen LogP contribution >= 0.6 is 11.3 Å². The molecule has 0 bridgehead atoms. The van der Waals surface area contributed by atoms with E-state index in [0.717, 1.165) is 47.6 Å². The zero-order valence-corrected chi connectivity index (χ0v) is 78.8. The molecule has 0 fully saturated rings. The molecule has 7 aromatic carbocycles. The van der Waals surface area contributed by atoms with Gasteiger partial charge in [-0.15, -0.1) is 10.2 Å². The van der Waals surface area contributed by atoms with Crippen molar-refractivity contribution in [3.8, 4) is 78.6 Å². The number of carbonyl (C=O) groups is 15.